The van der Waals surface area contributed by atoms with Crippen molar-refractivity contribution in [3.8, 4) is 0 Å². The van der Waals surface area contributed by atoms with Gasteiger partial charge in [-0.25, -0.2) is 9.78 Å². The van der Waals surface area contributed by atoms with Crippen LogP contribution in [0.1, 0.15) is 56.7 Å². The van der Waals surface area contributed by atoms with Crippen LogP contribution in [0.4, 0.5) is 0 Å². The Morgan fingerprint density at radius 3 is 2.67 bits per heavy atom. The van der Waals surface area contributed by atoms with E-state index < -0.39 is 12.6 Å². The molecule has 0 aliphatic carbocycles. The van der Waals surface area contributed by atoms with Crippen molar-refractivity contribution in [3.05, 3.63) is 40.3 Å². The number of para-hydroxylation sites is 2. The summed E-state index contributed by atoms with van der Waals surface area (Å²) >= 11 is 0. The molecule has 2 aliphatic heterocycles. The Morgan fingerprint density at radius 1 is 1.24 bits per heavy atom. The van der Waals surface area contributed by atoms with E-state index in [1.54, 1.807) is 0 Å². The summed E-state index contributed by atoms with van der Waals surface area (Å²) in [6, 6.07) is 8.25. The van der Waals surface area contributed by atoms with Gasteiger partial charge in [-0.05, 0) is 37.8 Å². The summed E-state index contributed by atoms with van der Waals surface area (Å²) < 4.78 is 1.82. The van der Waals surface area contributed by atoms with Crippen LogP contribution in [0.2, 0.25) is 0 Å². The van der Waals surface area contributed by atoms with Gasteiger partial charge in [0.05, 0.1) is 11.0 Å². The van der Waals surface area contributed by atoms with Crippen LogP contribution in [-0.4, -0.2) is 58.0 Å². The molecule has 1 aromatic carbocycles. The Kier molecular flexibility index (Phi) is 7.02. The van der Waals surface area contributed by atoms with Crippen LogP contribution in [0.15, 0.2) is 34.2 Å². The first-order chi connectivity index (χ1) is 16.0. The lowest BCUT2D eigenvalue weighted by molar-refractivity contribution is -0.142. The molecule has 2 atom stereocenters. The molecule has 2 aromatic rings. The van der Waals surface area contributed by atoms with Crippen molar-refractivity contribution in [2.24, 2.45) is 5.16 Å². The smallest absolute Gasteiger partial charge is 0.344 e. The zero-order valence-electron chi connectivity index (χ0n) is 18.6. The Hall–Kier alpha value is -3.27. The minimum absolute atomic E-state index is 0.0147. The third-order valence-electron chi connectivity index (χ3n) is 6.35. The Morgan fingerprint density at radius 2 is 1.97 bits per heavy atom. The van der Waals surface area contributed by atoms with E-state index >= 15 is 0 Å². The molecule has 0 saturated carbocycles. The molecule has 2 bridgehead atoms. The van der Waals surface area contributed by atoms with Gasteiger partial charge in [-0.2, -0.15) is 0 Å². The SMILES string of the molecule is CNC(=O)CC/C(=N\OCC(=O)O)c1nc2ccccc2n(C2CC3CCCC(C2)N3)c1=O. The third kappa shape index (κ3) is 5.22. The lowest BCUT2D eigenvalue weighted by atomic mass is 9.83. The number of carbonyl (C=O) groups excluding carboxylic acids is 1. The van der Waals surface area contributed by atoms with Crippen LogP contribution in [0.3, 0.4) is 0 Å². The molecule has 0 radical (unpaired) electrons. The van der Waals surface area contributed by atoms with Gasteiger partial charge in [0, 0.05) is 38.0 Å². The quantitative estimate of drug-likeness (QED) is 0.406. The number of carboxylic acids is 1. The number of fused-ring (bicyclic) bond motifs is 3. The van der Waals surface area contributed by atoms with E-state index in [9.17, 15) is 14.4 Å². The van der Waals surface area contributed by atoms with Crippen molar-refractivity contribution in [3.63, 3.8) is 0 Å². The highest BCUT2D eigenvalue weighted by atomic mass is 16.6. The fourth-order valence-corrected chi connectivity index (χ4v) is 4.88. The van der Waals surface area contributed by atoms with Crippen LogP contribution in [0, 0.1) is 0 Å². The predicted molar refractivity (Wildman–Crippen MR) is 122 cm³/mol. The van der Waals surface area contributed by atoms with E-state index in [-0.39, 0.29) is 41.8 Å². The molecule has 4 rings (SSSR count). The van der Waals surface area contributed by atoms with E-state index in [1.165, 1.54) is 13.5 Å². The first kappa shape index (κ1) is 22.9. The second-order valence-corrected chi connectivity index (χ2v) is 8.62. The maximum atomic E-state index is 13.8. The summed E-state index contributed by atoms with van der Waals surface area (Å²) in [4.78, 5) is 46.0. The number of carbonyl (C=O) groups is 2. The van der Waals surface area contributed by atoms with Gasteiger partial charge < -0.3 is 25.1 Å². The van der Waals surface area contributed by atoms with Crippen LogP contribution < -0.4 is 16.2 Å². The molecular formula is C23H29N5O5. The van der Waals surface area contributed by atoms with Crippen molar-refractivity contribution in [1.82, 2.24) is 20.2 Å². The standard InChI is InChI=1S/C23H29N5O5/c1-24-20(29)10-9-18(27-33-13-21(30)31)22-23(32)28(19-8-3-2-7-17(19)26-22)16-11-14-5-4-6-15(12-16)25-14/h2-3,7-8,14-16,25H,4-6,9-13H2,1H3,(H,24,29)(H,30,31)/b27-18+. The largest absolute Gasteiger partial charge is 0.479 e. The monoisotopic (exact) mass is 455 g/mol. The van der Waals surface area contributed by atoms with Crippen LogP contribution in [-0.2, 0) is 14.4 Å². The van der Waals surface area contributed by atoms with Gasteiger partial charge in [0.15, 0.2) is 5.69 Å². The lowest BCUT2D eigenvalue weighted by Gasteiger charge is -2.41. The molecule has 10 heteroatoms. The van der Waals surface area contributed by atoms with Gasteiger partial charge >= 0.3 is 5.97 Å². The molecule has 1 aromatic heterocycles. The van der Waals surface area contributed by atoms with Crippen LogP contribution >= 0.6 is 0 Å². The van der Waals surface area contributed by atoms with Crippen molar-refractivity contribution in [1.29, 1.82) is 0 Å². The second-order valence-electron chi connectivity index (χ2n) is 8.62. The number of aromatic nitrogens is 2. The summed E-state index contributed by atoms with van der Waals surface area (Å²) in [5.41, 5.74) is 1.36. The molecule has 10 nitrogen and oxygen atoms in total. The summed E-state index contributed by atoms with van der Waals surface area (Å²) in [6.45, 7) is -0.650. The number of hydrogen-bond donors (Lipinski definition) is 3. The minimum atomic E-state index is -1.19. The van der Waals surface area contributed by atoms with Crippen molar-refractivity contribution >= 4 is 28.6 Å². The highest BCUT2D eigenvalue weighted by Gasteiger charge is 2.34. The average molecular weight is 456 g/mol. The Bertz CT molecular complexity index is 1120. The summed E-state index contributed by atoms with van der Waals surface area (Å²) in [6.07, 6.45) is 5.26. The van der Waals surface area contributed by atoms with Crippen molar-refractivity contribution in [2.45, 2.75) is 63.1 Å². The first-order valence-electron chi connectivity index (χ1n) is 11.3. The number of piperidine rings is 2. The second kappa shape index (κ2) is 10.1. The number of amides is 1. The Balaban J connectivity index is 1.78. The number of rotatable bonds is 8. The van der Waals surface area contributed by atoms with E-state index in [2.05, 4.69) is 20.8 Å². The van der Waals surface area contributed by atoms with Crippen molar-refractivity contribution in [2.75, 3.05) is 13.7 Å². The molecule has 3 heterocycles. The third-order valence-corrected chi connectivity index (χ3v) is 6.35. The van der Waals surface area contributed by atoms with Crippen LogP contribution in [0.5, 0.6) is 0 Å². The minimum Gasteiger partial charge on any atom is -0.479 e. The number of nitrogens with zero attached hydrogens (tertiary/aromatic N) is 3. The summed E-state index contributed by atoms with van der Waals surface area (Å²) in [7, 11) is 1.52. The molecule has 176 valence electrons. The normalized spacial score (nSPS) is 22.7. The lowest BCUT2D eigenvalue weighted by Crippen LogP contribution is -2.50. The van der Waals surface area contributed by atoms with Gasteiger partial charge in [-0.15, -0.1) is 0 Å². The van der Waals surface area contributed by atoms with Crippen LogP contribution in [0.25, 0.3) is 11.0 Å². The molecule has 0 spiro atoms. The fourth-order valence-electron chi connectivity index (χ4n) is 4.88. The zero-order valence-corrected chi connectivity index (χ0v) is 18.6. The molecule has 2 saturated heterocycles. The molecule has 2 aliphatic rings. The zero-order chi connectivity index (χ0) is 23.4. The average Bonchev–Trinajstić information content (AvgIpc) is 2.80. The van der Waals surface area contributed by atoms with E-state index in [0.717, 1.165) is 31.2 Å². The number of hydrogen-bond acceptors (Lipinski definition) is 7. The van der Waals surface area contributed by atoms with E-state index in [0.29, 0.717) is 17.6 Å². The van der Waals surface area contributed by atoms with Crippen molar-refractivity contribution < 1.29 is 19.5 Å². The number of carboxylic acid groups (broad SMARTS) is 1. The van der Waals surface area contributed by atoms with E-state index in [1.807, 2.05) is 28.8 Å². The predicted octanol–water partition coefficient (Wildman–Crippen LogP) is 1.57. The molecule has 2 fully saturated rings. The maximum absolute atomic E-state index is 13.8. The van der Waals surface area contributed by atoms with Gasteiger partial charge in [-0.1, -0.05) is 23.7 Å². The molecular weight excluding hydrogens is 426 g/mol. The highest BCUT2D eigenvalue weighted by Crippen LogP contribution is 2.33. The number of benzene rings is 1. The van der Waals surface area contributed by atoms with Gasteiger partial charge in [0.1, 0.15) is 5.71 Å². The van der Waals surface area contributed by atoms with Gasteiger partial charge in [0.25, 0.3) is 5.56 Å². The summed E-state index contributed by atoms with van der Waals surface area (Å²) in [5.74, 6) is -1.41. The number of aliphatic carboxylic acids is 1. The fraction of sp³-hybridized carbons (Fsp3) is 0.522. The van der Waals surface area contributed by atoms with Gasteiger partial charge in [-0.3, -0.25) is 9.59 Å². The number of nitrogens with one attached hydrogen (secondary N) is 2. The van der Waals surface area contributed by atoms with E-state index in [4.69, 9.17) is 9.94 Å². The highest BCUT2D eigenvalue weighted by molar-refractivity contribution is 6.01. The first-order valence-corrected chi connectivity index (χ1v) is 11.3. The molecule has 2 unspecified atom stereocenters. The number of oxime groups is 1. The molecule has 33 heavy (non-hydrogen) atoms. The topological polar surface area (TPSA) is 135 Å². The molecule has 3 N–H and O–H groups in total. The Labute approximate surface area is 191 Å². The van der Waals surface area contributed by atoms with Gasteiger partial charge in [0.2, 0.25) is 12.5 Å². The molecule has 1 amide bonds. The maximum Gasteiger partial charge on any atom is 0.344 e. The summed E-state index contributed by atoms with van der Waals surface area (Å²) in [5, 5.41) is 19.0.